The minimum absolute atomic E-state index is 0.0396. The monoisotopic (exact) mass is 393 g/mol. The van der Waals surface area contributed by atoms with Gasteiger partial charge in [0.25, 0.3) is 0 Å². The maximum atomic E-state index is 13.8. The molecule has 2 aliphatic heterocycles. The van der Waals surface area contributed by atoms with E-state index in [1.54, 1.807) is 51.1 Å². The minimum atomic E-state index is -1.73. The molecule has 1 spiro atoms. The number of para-hydroxylation sites is 1. The SMILES string of the molecule is C=CCN1C(=O)C2(C(C#N)=C(N)OC(C)=C2C(=O)OC(C)(C)C)c2ccccc21. The molecule has 1 aromatic carbocycles. The molecule has 0 saturated carbocycles. The summed E-state index contributed by atoms with van der Waals surface area (Å²) in [7, 11) is 0. The fourth-order valence-corrected chi connectivity index (χ4v) is 3.85. The van der Waals surface area contributed by atoms with E-state index in [-0.39, 0.29) is 29.3 Å². The number of esters is 1. The Labute approximate surface area is 169 Å². The molecule has 0 aliphatic carbocycles. The van der Waals surface area contributed by atoms with Crippen LogP contribution in [0.25, 0.3) is 0 Å². The van der Waals surface area contributed by atoms with Crippen LogP contribution in [0.4, 0.5) is 5.69 Å². The highest BCUT2D eigenvalue weighted by atomic mass is 16.6. The third kappa shape index (κ3) is 2.88. The average Bonchev–Trinajstić information content (AvgIpc) is 2.84. The Balaban J connectivity index is 2.38. The first-order chi connectivity index (χ1) is 13.6. The number of anilines is 1. The van der Waals surface area contributed by atoms with Crippen LogP contribution in [0.5, 0.6) is 0 Å². The molecule has 1 amide bonds. The summed E-state index contributed by atoms with van der Waals surface area (Å²) in [6, 6.07) is 9.00. The maximum Gasteiger partial charge on any atom is 0.339 e. The molecule has 29 heavy (non-hydrogen) atoms. The van der Waals surface area contributed by atoms with Crippen LogP contribution in [0, 0.1) is 11.3 Å². The second kappa shape index (κ2) is 6.82. The van der Waals surface area contributed by atoms with E-state index in [1.807, 2.05) is 6.07 Å². The van der Waals surface area contributed by atoms with Crippen LogP contribution in [0.3, 0.4) is 0 Å². The van der Waals surface area contributed by atoms with E-state index in [1.165, 1.54) is 11.8 Å². The number of fused-ring (bicyclic) bond motifs is 2. The van der Waals surface area contributed by atoms with Gasteiger partial charge in [-0.15, -0.1) is 6.58 Å². The molecule has 7 heteroatoms. The molecule has 0 fully saturated rings. The van der Waals surface area contributed by atoms with Crippen molar-refractivity contribution >= 4 is 17.6 Å². The zero-order valence-corrected chi connectivity index (χ0v) is 16.9. The summed E-state index contributed by atoms with van der Waals surface area (Å²) in [4.78, 5) is 28.5. The molecule has 0 saturated heterocycles. The highest BCUT2D eigenvalue weighted by Gasteiger charge is 2.62. The standard InChI is InChI=1S/C22H23N3O4/c1-6-11-25-16-10-8-7-9-14(16)22(20(25)27)15(12-23)18(24)28-13(2)17(22)19(26)29-21(3,4)5/h6-10H,1,11,24H2,2-5H3. The van der Waals surface area contributed by atoms with Gasteiger partial charge in [-0.05, 0) is 33.8 Å². The van der Waals surface area contributed by atoms with E-state index in [0.717, 1.165) is 0 Å². The van der Waals surface area contributed by atoms with Gasteiger partial charge in [-0.2, -0.15) is 5.26 Å². The molecule has 3 rings (SSSR count). The summed E-state index contributed by atoms with van der Waals surface area (Å²) < 4.78 is 11.1. The maximum absolute atomic E-state index is 13.8. The van der Waals surface area contributed by atoms with Crippen molar-refractivity contribution in [3.8, 4) is 6.07 Å². The van der Waals surface area contributed by atoms with Gasteiger partial charge in [-0.25, -0.2) is 4.79 Å². The first-order valence-corrected chi connectivity index (χ1v) is 9.14. The molecule has 1 unspecified atom stereocenters. The number of amides is 1. The van der Waals surface area contributed by atoms with Gasteiger partial charge in [-0.1, -0.05) is 24.3 Å². The number of nitriles is 1. The molecular formula is C22H23N3O4. The Bertz CT molecular complexity index is 1020. The number of carbonyl (C=O) groups excluding carboxylic acids is 2. The Morgan fingerprint density at radius 3 is 2.66 bits per heavy atom. The van der Waals surface area contributed by atoms with Crippen molar-refractivity contribution in [1.82, 2.24) is 0 Å². The van der Waals surface area contributed by atoms with Crippen molar-refractivity contribution < 1.29 is 19.1 Å². The summed E-state index contributed by atoms with van der Waals surface area (Å²) in [5, 5.41) is 9.93. The van der Waals surface area contributed by atoms with Gasteiger partial charge in [0.15, 0.2) is 5.41 Å². The first kappa shape index (κ1) is 20.2. The van der Waals surface area contributed by atoms with Crippen molar-refractivity contribution in [3.05, 3.63) is 65.3 Å². The van der Waals surface area contributed by atoms with Crippen LogP contribution in [0.1, 0.15) is 33.3 Å². The molecule has 2 N–H and O–H groups in total. The third-order valence-corrected chi connectivity index (χ3v) is 4.80. The lowest BCUT2D eigenvalue weighted by Crippen LogP contribution is -2.49. The lowest BCUT2D eigenvalue weighted by molar-refractivity contribution is -0.151. The summed E-state index contributed by atoms with van der Waals surface area (Å²) in [6.07, 6.45) is 1.58. The van der Waals surface area contributed by atoms with E-state index < -0.39 is 22.9 Å². The average molecular weight is 393 g/mol. The van der Waals surface area contributed by atoms with Crippen LogP contribution in [0.2, 0.25) is 0 Å². The number of benzene rings is 1. The Morgan fingerprint density at radius 1 is 1.41 bits per heavy atom. The molecule has 7 nitrogen and oxygen atoms in total. The Morgan fingerprint density at radius 2 is 2.07 bits per heavy atom. The summed E-state index contributed by atoms with van der Waals surface area (Å²) >= 11 is 0. The van der Waals surface area contributed by atoms with Crippen molar-refractivity contribution in [2.75, 3.05) is 11.4 Å². The highest BCUT2D eigenvalue weighted by Crippen LogP contribution is 2.54. The van der Waals surface area contributed by atoms with Gasteiger partial charge in [0.05, 0.1) is 0 Å². The van der Waals surface area contributed by atoms with Crippen molar-refractivity contribution in [3.63, 3.8) is 0 Å². The molecule has 0 aromatic heterocycles. The number of nitrogens with zero attached hydrogens (tertiary/aromatic N) is 2. The molecule has 0 radical (unpaired) electrons. The summed E-state index contributed by atoms with van der Waals surface area (Å²) in [6.45, 7) is 10.6. The lowest BCUT2D eigenvalue weighted by atomic mass is 9.68. The van der Waals surface area contributed by atoms with E-state index >= 15 is 0 Å². The predicted molar refractivity (Wildman–Crippen MR) is 107 cm³/mol. The van der Waals surface area contributed by atoms with Crippen LogP contribution < -0.4 is 10.6 Å². The van der Waals surface area contributed by atoms with Gasteiger partial charge in [0, 0.05) is 17.8 Å². The van der Waals surface area contributed by atoms with E-state index in [4.69, 9.17) is 15.2 Å². The molecule has 150 valence electrons. The van der Waals surface area contributed by atoms with Crippen LogP contribution in [-0.2, 0) is 24.5 Å². The number of ether oxygens (including phenoxy) is 2. The highest BCUT2D eigenvalue weighted by molar-refractivity contribution is 6.18. The Kier molecular flexibility index (Phi) is 4.75. The fraction of sp³-hybridized carbons (Fsp3) is 0.318. The Hall–Kier alpha value is -3.53. The first-order valence-electron chi connectivity index (χ1n) is 9.14. The van der Waals surface area contributed by atoms with Gasteiger partial charge < -0.3 is 20.1 Å². The zero-order valence-electron chi connectivity index (χ0n) is 16.9. The molecular weight excluding hydrogens is 370 g/mol. The molecule has 2 aliphatic rings. The fourth-order valence-electron chi connectivity index (χ4n) is 3.85. The number of rotatable bonds is 3. The number of hydrogen-bond acceptors (Lipinski definition) is 6. The van der Waals surface area contributed by atoms with Crippen molar-refractivity contribution in [2.24, 2.45) is 5.73 Å². The summed E-state index contributed by atoms with van der Waals surface area (Å²) in [5.41, 5.74) is 4.36. The van der Waals surface area contributed by atoms with Crippen LogP contribution >= 0.6 is 0 Å². The van der Waals surface area contributed by atoms with Gasteiger partial charge in [-0.3, -0.25) is 4.79 Å². The van der Waals surface area contributed by atoms with E-state index in [2.05, 4.69) is 6.58 Å². The van der Waals surface area contributed by atoms with Gasteiger partial charge >= 0.3 is 5.97 Å². The third-order valence-electron chi connectivity index (χ3n) is 4.80. The van der Waals surface area contributed by atoms with E-state index in [0.29, 0.717) is 11.3 Å². The topological polar surface area (TPSA) is 106 Å². The van der Waals surface area contributed by atoms with Crippen molar-refractivity contribution in [1.29, 1.82) is 5.26 Å². The number of carbonyl (C=O) groups is 2. The smallest absolute Gasteiger partial charge is 0.339 e. The zero-order chi connectivity index (χ0) is 21.6. The summed E-state index contributed by atoms with van der Waals surface area (Å²) in [5.74, 6) is -1.29. The van der Waals surface area contributed by atoms with E-state index in [9.17, 15) is 14.9 Å². The van der Waals surface area contributed by atoms with Crippen LogP contribution in [-0.4, -0.2) is 24.0 Å². The second-order valence-electron chi connectivity index (χ2n) is 7.86. The molecule has 0 bridgehead atoms. The molecule has 1 aromatic rings. The molecule has 2 heterocycles. The normalized spacial score (nSPS) is 21.1. The number of hydrogen-bond donors (Lipinski definition) is 1. The van der Waals surface area contributed by atoms with Crippen molar-refractivity contribution in [2.45, 2.75) is 38.7 Å². The number of nitrogens with two attached hydrogens (primary N) is 1. The largest absolute Gasteiger partial charge is 0.456 e. The second-order valence-corrected chi connectivity index (χ2v) is 7.86. The van der Waals surface area contributed by atoms with Crippen LogP contribution in [0.15, 0.2) is 59.7 Å². The quantitative estimate of drug-likeness (QED) is 0.625. The van der Waals surface area contributed by atoms with Gasteiger partial charge in [0.1, 0.15) is 28.6 Å². The predicted octanol–water partition coefficient (Wildman–Crippen LogP) is 2.80. The minimum Gasteiger partial charge on any atom is -0.456 e. The lowest BCUT2D eigenvalue weighted by Gasteiger charge is -2.35. The van der Waals surface area contributed by atoms with Gasteiger partial charge in [0.2, 0.25) is 11.8 Å². The number of allylic oxidation sites excluding steroid dienone is 1. The molecule has 1 atom stereocenters.